The third-order valence-corrected chi connectivity index (χ3v) is 2.34. The summed E-state index contributed by atoms with van der Waals surface area (Å²) in [6.07, 6.45) is 2.31. The minimum absolute atomic E-state index is 0.363. The molecule has 0 spiro atoms. The van der Waals surface area contributed by atoms with Crippen molar-refractivity contribution in [2.45, 2.75) is 39.7 Å². The number of hydrogen-bond acceptors (Lipinski definition) is 2. The summed E-state index contributed by atoms with van der Waals surface area (Å²) in [4.78, 5) is 0. The summed E-state index contributed by atoms with van der Waals surface area (Å²) in [6, 6.07) is 0.363. The fourth-order valence-corrected chi connectivity index (χ4v) is 1.60. The topological polar surface area (TPSA) is 38.0 Å². The Bertz CT molecular complexity index is 102. The van der Waals surface area contributed by atoms with Gasteiger partial charge in [-0.25, -0.2) is 0 Å². The van der Waals surface area contributed by atoms with Crippen molar-refractivity contribution in [3.05, 3.63) is 0 Å². The molecular formula is C10H24N2. The van der Waals surface area contributed by atoms with Crippen molar-refractivity contribution >= 4 is 0 Å². The van der Waals surface area contributed by atoms with E-state index in [1.807, 2.05) is 7.05 Å². The molecule has 2 nitrogen and oxygen atoms in total. The summed E-state index contributed by atoms with van der Waals surface area (Å²) in [5, 5.41) is 3.19. The summed E-state index contributed by atoms with van der Waals surface area (Å²) in [7, 11) is 1.99. The van der Waals surface area contributed by atoms with Crippen molar-refractivity contribution in [3.63, 3.8) is 0 Å². The molecule has 0 radical (unpaired) electrons. The van der Waals surface area contributed by atoms with Crippen LogP contribution in [0.4, 0.5) is 0 Å². The Kier molecular flexibility index (Phi) is 6.39. The molecule has 0 aromatic carbocycles. The van der Waals surface area contributed by atoms with Crippen LogP contribution in [0.1, 0.15) is 33.6 Å². The average molecular weight is 172 g/mol. The Balaban J connectivity index is 3.76. The number of nitrogens with one attached hydrogen (secondary N) is 1. The summed E-state index contributed by atoms with van der Waals surface area (Å²) >= 11 is 0. The normalized spacial score (nSPS) is 16.5. The molecule has 2 unspecified atom stereocenters. The molecule has 0 rings (SSSR count). The van der Waals surface area contributed by atoms with Crippen molar-refractivity contribution in [2.75, 3.05) is 13.6 Å². The van der Waals surface area contributed by atoms with Crippen LogP contribution in [0.3, 0.4) is 0 Å². The van der Waals surface area contributed by atoms with E-state index in [-0.39, 0.29) is 0 Å². The average Bonchev–Trinajstić information content (AvgIpc) is 1.98. The van der Waals surface area contributed by atoms with Crippen molar-refractivity contribution in [1.29, 1.82) is 0 Å². The van der Waals surface area contributed by atoms with Crippen LogP contribution in [-0.2, 0) is 0 Å². The molecule has 74 valence electrons. The van der Waals surface area contributed by atoms with Crippen molar-refractivity contribution in [2.24, 2.45) is 17.6 Å². The number of hydrogen-bond donors (Lipinski definition) is 2. The highest BCUT2D eigenvalue weighted by atomic mass is 14.8. The summed E-state index contributed by atoms with van der Waals surface area (Å²) in [5.74, 6) is 1.35. The molecule has 0 aliphatic heterocycles. The Labute approximate surface area is 76.9 Å². The summed E-state index contributed by atoms with van der Waals surface area (Å²) in [5.41, 5.74) is 6.08. The maximum Gasteiger partial charge on any atom is 0.00816 e. The van der Waals surface area contributed by atoms with Gasteiger partial charge in [-0.1, -0.05) is 27.2 Å². The standard InChI is InChI=1S/C10H24N2/c1-5-9(7-12-4)10(11)6-8(2)3/h8-10,12H,5-7,11H2,1-4H3. The van der Waals surface area contributed by atoms with E-state index in [9.17, 15) is 0 Å². The summed E-state index contributed by atoms with van der Waals surface area (Å²) < 4.78 is 0. The highest BCUT2D eigenvalue weighted by molar-refractivity contribution is 4.74. The third-order valence-electron chi connectivity index (χ3n) is 2.34. The highest BCUT2D eigenvalue weighted by Gasteiger charge is 2.15. The van der Waals surface area contributed by atoms with E-state index < -0.39 is 0 Å². The van der Waals surface area contributed by atoms with Crippen LogP contribution in [-0.4, -0.2) is 19.6 Å². The van der Waals surface area contributed by atoms with Gasteiger partial charge in [-0.15, -0.1) is 0 Å². The monoisotopic (exact) mass is 172 g/mol. The van der Waals surface area contributed by atoms with Crippen molar-refractivity contribution in [1.82, 2.24) is 5.32 Å². The minimum atomic E-state index is 0.363. The van der Waals surface area contributed by atoms with Gasteiger partial charge in [0.1, 0.15) is 0 Å². The smallest absolute Gasteiger partial charge is 0.00816 e. The minimum Gasteiger partial charge on any atom is -0.327 e. The van der Waals surface area contributed by atoms with E-state index >= 15 is 0 Å². The van der Waals surface area contributed by atoms with Gasteiger partial charge in [-0.2, -0.15) is 0 Å². The molecule has 0 amide bonds. The van der Waals surface area contributed by atoms with Gasteiger partial charge in [0.05, 0.1) is 0 Å². The number of rotatable bonds is 6. The first-order chi connectivity index (χ1) is 5.61. The predicted molar refractivity (Wildman–Crippen MR) is 55.1 cm³/mol. The van der Waals surface area contributed by atoms with Crippen LogP contribution < -0.4 is 11.1 Å². The second kappa shape index (κ2) is 6.44. The first-order valence-electron chi connectivity index (χ1n) is 5.02. The maximum atomic E-state index is 6.08. The molecule has 0 aromatic heterocycles. The second-order valence-electron chi connectivity index (χ2n) is 4.02. The fourth-order valence-electron chi connectivity index (χ4n) is 1.60. The lowest BCUT2D eigenvalue weighted by Crippen LogP contribution is -2.36. The largest absolute Gasteiger partial charge is 0.327 e. The Morgan fingerprint density at radius 3 is 2.25 bits per heavy atom. The van der Waals surface area contributed by atoms with Crippen LogP contribution in [0.5, 0.6) is 0 Å². The zero-order chi connectivity index (χ0) is 9.56. The molecule has 0 aliphatic rings. The molecule has 12 heavy (non-hydrogen) atoms. The molecule has 0 aliphatic carbocycles. The SMILES string of the molecule is CCC(CNC)C(N)CC(C)C. The molecular weight excluding hydrogens is 148 g/mol. The zero-order valence-electron chi connectivity index (χ0n) is 8.93. The van der Waals surface area contributed by atoms with E-state index in [4.69, 9.17) is 5.73 Å². The molecule has 0 aromatic rings. The highest BCUT2D eigenvalue weighted by Crippen LogP contribution is 2.13. The lowest BCUT2D eigenvalue weighted by molar-refractivity contribution is 0.345. The van der Waals surface area contributed by atoms with Gasteiger partial charge < -0.3 is 11.1 Å². The quantitative estimate of drug-likeness (QED) is 0.639. The molecule has 0 saturated carbocycles. The first-order valence-corrected chi connectivity index (χ1v) is 5.02. The Morgan fingerprint density at radius 2 is 1.92 bits per heavy atom. The van der Waals surface area contributed by atoms with Gasteiger partial charge in [0, 0.05) is 6.04 Å². The van der Waals surface area contributed by atoms with Gasteiger partial charge in [0.15, 0.2) is 0 Å². The number of nitrogens with two attached hydrogens (primary N) is 1. The van der Waals surface area contributed by atoms with Gasteiger partial charge in [-0.05, 0) is 31.8 Å². The van der Waals surface area contributed by atoms with Crippen LogP contribution in [0.2, 0.25) is 0 Å². The lowest BCUT2D eigenvalue weighted by atomic mass is 9.91. The molecule has 2 atom stereocenters. The molecule has 3 N–H and O–H groups in total. The van der Waals surface area contributed by atoms with Gasteiger partial charge >= 0.3 is 0 Å². The Hall–Kier alpha value is -0.0800. The predicted octanol–water partition coefficient (Wildman–Crippen LogP) is 1.61. The van der Waals surface area contributed by atoms with Crippen LogP contribution in [0.15, 0.2) is 0 Å². The zero-order valence-corrected chi connectivity index (χ0v) is 8.93. The first kappa shape index (κ1) is 11.9. The molecule has 0 heterocycles. The fraction of sp³-hybridized carbons (Fsp3) is 1.00. The van der Waals surface area contributed by atoms with E-state index in [0.717, 1.165) is 13.0 Å². The molecule has 0 fully saturated rings. The van der Waals surface area contributed by atoms with Gasteiger partial charge in [0.2, 0.25) is 0 Å². The van der Waals surface area contributed by atoms with Crippen LogP contribution >= 0.6 is 0 Å². The third kappa shape index (κ3) is 4.73. The Morgan fingerprint density at radius 1 is 1.33 bits per heavy atom. The van der Waals surface area contributed by atoms with Gasteiger partial charge in [0.25, 0.3) is 0 Å². The second-order valence-corrected chi connectivity index (χ2v) is 4.02. The molecule has 0 saturated heterocycles. The summed E-state index contributed by atoms with van der Waals surface area (Å²) in [6.45, 7) is 7.71. The van der Waals surface area contributed by atoms with E-state index in [1.165, 1.54) is 6.42 Å². The van der Waals surface area contributed by atoms with E-state index in [2.05, 4.69) is 26.1 Å². The molecule has 0 bridgehead atoms. The van der Waals surface area contributed by atoms with Crippen LogP contribution in [0, 0.1) is 11.8 Å². The van der Waals surface area contributed by atoms with Gasteiger partial charge in [-0.3, -0.25) is 0 Å². The van der Waals surface area contributed by atoms with E-state index in [0.29, 0.717) is 17.9 Å². The van der Waals surface area contributed by atoms with Crippen LogP contribution in [0.25, 0.3) is 0 Å². The van der Waals surface area contributed by atoms with E-state index in [1.54, 1.807) is 0 Å². The maximum absolute atomic E-state index is 6.08. The lowest BCUT2D eigenvalue weighted by Gasteiger charge is -2.23. The van der Waals surface area contributed by atoms with Crippen molar-refractivity contribution < 1.29 is 0 Å². The molecule has 2 heteroatoms. The van der Waals surface area contributed by atoms with Crippen molar-refractivity contribution in [3.8, 4) is 0 Å².